The molecule has 0 aliphatic carbocycles. The van der Waals surface area contributed by atoms with E-state index in [0.717, 1.165) is 6.07 Å². The van der Waals surface area contributed by atoms with E-state index in [2.05, 4.69) is 0 Å². The minimum Gasteiger partial charge on any atom is -0.452 e. The van der Waals surface area contributed by atoms with Crippen LogP contribution in [0.2, 0.25) is 0 Å². The Balaban J connectivity index is 1.94. The molecule has 132 valence electrons. The van der Waals surface area contributed by atoms with Gasteiger partial charge >= 0.3 is 5.97 Å². The van der Waals surface area contributed by atoms with Crippen molar-refractivity contribution in [3.05, 3.63) is 65.2 Å². The first-order valence-electron chi connectivity index (χ1n) is 7.16. The van der Waals surface area contributed by atoms with Crippen LogP contribution < -0.4 is 5.32 Å². The highest BCUT2D eigenvalue weighted by molar-refractivity contribution is 5.95. The zero-order valence-corrected chi connectivity index (χ0v) is 13.0. The van der Waals surface area contributed by atoms with Gasteiger partial charge in [0.15, 0.2) is 23.6 Å². The van der Waals surface area contributed by atoms with Gasteiger partial charge in [-0.05, 0) is 36.8 Å². The quantitative estimate of drug-likeness (QED) is 0.508. The maximum Gasteiger partial charge on any atom is 0.311 e. The smallest absolute Gasteiger partial charge is 0.311 e. The molecule has 0 aliphatic rings. The predicted octanol–water partition coefficient (Wildman–Crippen LogP) is 3.36. The summed E-state index contributed by atoms with van der Waals surface area (Å²) >= 11 is 0. The van der Waals surface area contributed by atoms with Crippen molar-refractivity contribution < 1.29 is 31.9 Å². The summed E-state index contributed by atoms with van der Waals surface area (Å²) in [5.41, 5.74) is -0.101. The SMILES string of the molecule is C[C@@H](OC(=O)Cc1ccc(F)cc1)C(=O)Nc1ccc(F)c(F)c1F. The molecule has 0 unspecified atom stereocenters. The lowest BCUT2D eigenvalue weighted by Crippen LogP contribution is -2.31. The van der Waals surface area contributed by atoms with E-state index in [1.54, 1.807) is 0 Å². The minimum atomic E-state index is -1.72. The van der Waals surface area contributed by atoms with Crippen LogP contribution in [0.4, 0.5) is 23.2 Å². The Morgan fingerprint density at radius 2 is 1.64 bits per heavy atom. The molecule has 1 amide bonds. The number of amides is 1. The van der Waals surface area contributed by atoms with Crippen LogP contribution in [-0.2, 0) is 20.7 Å². The molecule has 2 aromatic carbocycles. The number of carbonyl (C=O) groups excluding carboxylic acids is 2. The fraction of sp³-hybridized carbons (Fsp3) is 0.176. The van der Waals surface area contributed by atoms with Gasteiger partial charge in [-0.2, -0.15) is 0 Å². The highest BCUT2D eigenvalue weighted by Crippen LogP contribution is 2.20. The van der Waals surface area contributed by atoms with Crippen LogP contribution in [0.25, 0.3) is 0 Å². The molecule has 4 nitrogen and oxygen atoms in total. The molecule has 2 aromatic rings. The number of halogens is 4. The Morgan fingerprint density at radius 3 is 2.28 bits per heavy atom. The molecular formula is C17H13F4NO3. The Morgan fingerprint density at radius 1 is 1.00 bits per heavy atom. The molecule has 0 aromatic heterocycles. The molecule has 0 fully saturated rings. The molecule has 0 radical (unpaired) electrons. The number of nitrogens with one attached hydrogen (secondary N) is 1. The van der Waals surface area contributed by atoms with Gasteiger partial charge in [0.2, 0.25) is 0 Å². The third-order valence-corrected chi connectivity index (χ3v) is 3.23. The molecule has 8 heteroatoms. The highest BCUT2D eigenvalue weighted by Gasteiger charge is 2.21. The second-order valence-corrected chi connectivity index (χ2v) is 5.15. The van der Waals surface area contributed by atoms with Crippen molar-refractivity contribution >= 4 is 17.6 Å². The van der Waals surface area contributed by atoms with Crippen molar-refractivity contribution in [3.8, 4) is 0 Å². The molecule has 0 aliphatic heterocycles. The molecular weight excluding hydrogens is 342 g/mol. The van der Waals surface area contributed by atoms with Crippen LogP contribution in [0.1, 0.15) is 12.5 Å². The lowest BCUT2D eigenvalue weighted by Gasteiger charge is -2.14. The number of esters is 1. The van der Waals surface area contributed by atoms with Crippen LogP contribution >= 0.6 is 0 Å². The topological polar surface area (TPSA) is 55.4 Å². The summed E-state index contributed by atoms with van der Waals surface area (Å²) < 4.78 is 57.1. The number of hydrogen-bond donors (Lipinski definition) is 1. The molecule has 0 saturated carbocycles. The average Bonchev–Trinajstić information content (AvgIpc) is 2.57. The number of anilines is 1. The summed E-state index contributed by atoms with van der Waals surface area (Å²) in [6, 6.07) is 6.61. The fourth-order valence-electron chi connectivity index (χ4n) is 1.92. The van der Waals surface area contributed by atoms with Crippen molar-refractivity contribution in [2.75, 3.05) is 5.32 Å². The van der Waals surface area contributed by atoms with Gasteiger partial charge < -0.3 is 10.1 Å². The van der Waals surface area contributed by atoms with Crippen molar-refractivity contribution in [2.24, 2.45) is 0 Å². The first-order chi connectivity index (χ1) is 11.8. The second-order valence-electron chi connectivity index (χ2n) is 5.15. The Kier molecular flexibility index (Phi) is 5.74. The number of carbonyl (C=O) groups is 2. The first kappa shape index (κ1) is 18.4. The number of ether oxygens (including phenoxy) is 1. The van der Waals surface area contributed by atoms with Gasteiger partial charge in [-0.15, -0.1) is 0 Å². The first-order valence-corrected chi connectivity index (χ1v) is 7.16. The lowest BCUT2D eigenvalue weighted by molar-refractivity contribution is -0.152. The van der Waals surface area contributed by atoms with E-state index in [1.807, 2.05) is 5.32 Å². The number of rotatable bonds is 5. The fourth-order valence-corrected chi connectivity index (χ4v) is 1.92. The molecule has 1 atom stereocenters. The summed E-state index contributed by atoms with van der Waals surface area (Å²) in [5.74, 6) is -6.82. The molecule has 2 rings (SSSR count). The summed E-state index contributed by atoms with van der Waals surface area (Å²) in [5, 5.41) is 2.01. The van der Waals surface area contributed by atoms with Crippen molar-refractivity contribution in [3.63, 3.8) is 0 Å². The summed E-state index contributed by atoms with van der Waals surface area (Å²) in [6.07, 6.45) is -1.50. The number of hydrogen-bond acceptors (Lipinski definition) is 3. The monoisotopic (exact) mass is 355 g/mol. The Labute approximate surface area is 140 Å². The van der Waals surface area contributed by atoms with Crippen molar-refractivity contribution in [1.82, 2.24) is 0 Å². The van der Waals surface area contributed by atoms with Gasteiger partial charge in [-0.25, -0.2) is 17.6 Å². The zero-order chi connectivity index (χ0) is 18.6. The third-order valence-electron chi connectivity index (χ3n) is 3.23. The van der Waals surface area contributed by atoms with E-state index < -0.39 is 46.9 Å². The van der Waals surface area contributed by atoms with Crippen LogP contribution in [0.15, 0.2) is 36.4 Å². The second kappa shape index (κ2) is 7.78. The average molecular weight is 355 g/mol. The lowest BCUT2D eigenvalue weighted by atomic mass is 10.1. The van der Waals surface area contributed by atoms with Crippen molar-refractivity contribution in [2.45, 2.75) is 19.4 Å². The van der Waals surface area contributed by atoms with Gasteiger partial charge in [0.25, 0.3) is 5.91 Å². The van der Waals surface area contributed by atoms with E-state index in [0.29, 0.717) is 11.6 Å². The zero-order valence-electron chi connectivity index (χ0n) is 13.0. The third kappa shape index (κ3) is 4.79. The summed E-state index contributed by atoms with van der Waals surface area (Å²) in [4.78, 5) is 23.6. The largest absolute Gasteiger partial charge is 0.452 e. The van der Waals surface area contributed by atoms with E-state index in [9.17, 15) is 27.2 Å². The van der Waals surface area contributed by atoms with Crippen LogP contribution in [-0.4, -0.2) is 18.0 Å². The van der Waals surface area contributed by atoms with Crippen LogP contribution in [0.5, 0.6) is 0 Å². The van der Waals surface area contributed by atoms with Gasteiger partial charge in [0.1, 0.15) is 5.82 Å². The van der Waals surface area contributed by atoms with Crippen molar-refractivity contribution in [1.29, 1.82) is 0 Å². The maximum absolute atomic E-state index is 13.5. The van der Waals surface area contributed by atoms with Gasteiger partial charge in [0.05, 0.1) is 12.1 Å². The predicted molar refractivity (Wildman–Crippen MR) is 80.6 cm³/mol. The molecule has 25 heavy (non-hydrogen) atoms. The summed E-state index contributed by atoms with van der Waals surface area (Å²) in [7, 11) is 0. The van der Waals surface area contributed by atoms with E-state index >= 15 is 0 Å². The summed E-state index contributed by atoms with van der Waals surface area (Å²) in [6.45, 7) is 1.23. The number of benzene rings is 2. The highest BCUT2D eigenvalue weighted by atomic mass is 19.2. The van der Waals surface area contributed by atoms with E-state index in [-0.39, 0.29) is 6.42 Å². The minimum absolute atomic E-state index is 0.197. The van der Waals surface area contributed by atoms with Crippen LogP contribution in [0.3, 0.4) is 0 Å². The molecule has 0 heterocycles. The normalized spacial score (nSPS) is 11.7. The molecule has 0 bridgehead atoms. The Bertz CT molecular complexity index is 793. The molecule has 1 N–H and O–H groups in total. The van der Waals surface area contributed by atoms with E-state index in [4.69, 9.17) is 4.74 Å². The van der Waals surface area contributed by atoms with Gasteiger partial charge in [-0.1, -0.05) is 12.1 Å². The standard InChI is InChI=1S/C17H13F4NO3/c1-9(25-14(23)8-10-2-4-11(18)5-3-10)17(24)22-13-7-6-12(19)15(20)16(13)21/h2-7,9H,8H2,1H3,(H,22,24)/t9-/m1/s1. The van der Waals surface area contributed by atoms with Gasteiger partial charge in [0, 0.05) is 0 Å². The molecule has 0 spiro atoms. The Hall–Kier alpha value is -2.90. The van der Waals surface area contributed by atoms with Crippen LogP contribution in [0, 0.1) is 23.3 Å². The van der Waals surface area contributed by atoms with E-state index in [1.165, 1.54) is 31.2 Å². The van der Waals surface area contributed by atoms with Gasteiger partial charge in [-0.3, -0.25) is 9.59 Å². The molecule has 0 saturated heterocycles. The maximum atomic E-state index is 13.5.